The molecule has 1 unspecified atom stereocenters. The minimum Gasteiger partial charge on any atom is -0.465 e. The predicted octanol–water partition coefficient (Wildman–Crippen LogP) is 4.82. The first kappa shape index (κ1) is 21.3. The van der Waals surface area contributed by atoms with Crippen LogP contribution in [0, 0.1) is 0 Å². The topological polar surface area (TPSA) is 78.9 Å². The number of hydrogen-bond acceptors (Lipinski definition) is 3. The van der Waals surface area contributed by atoms with E-state index in [9.17, 15) is 14.7 Å². The van der Waals surface area contributed by atoms with Gasteiger partial charge in [-0.1, -0.05) is 60.7 Å². The Balaban J connectivity index is 2.20. The molecular weight excluding hydrogens is 356 g/mol. The molecule has 28 heavy (non-hydrogen) atoms. The molecule has 2 amide bonds. The Morgan fingerprint density at radius 3 is 2.07 bits per heavy atom. The molecule has 0 aliphatic heterocycles. The fourth-order valence-corrected chi connectivity index (χ4v) is 3.26. The number of ether oxygens (including phenoxy) is 1. The van der Waals surface area contributed by atoms with Gasteiger partial charge in [0.25, 0.3) is 0 Å². The van der Waals surface area contributed by atoms with Crippen LogP contribution in [0.15, 0.2) is 60.7 Å². The van der Waals surface area contributed by atoms with E-state index in [2.05, 4.69) is 5.32 Å². The standard InChI is InChI=1S/C22H28N2O4/c1-16(24(21(26)27)22(2,3)4)19(18-13-9-6-10-14-18)23-20(25)28-15-17-11-7-5-8-12-17/h5-14,16,19H,15H2,1-4H3,(H,23,25)(H,26,27)/t16-,19?/m0/s1. The van der Waals surface area contributed by atoms with Gasteiger partial charge in [0.15, 0.2) is 0 Å². The number of amides is 2. The van der Waals surface area contributed by atoms with Crippen molar-refractivity contribution in [2.24, 2.45) is 0 Å². The van der Waals surface area contributed by atoms with Crippen LogP contribution in [0.2, 0.25) is 0 Å². The van der Waals surface area contributed by atoms with E-state index in [1.54, 1.807) is 6.92 Å². The average Bonchev–Trinajstić information content (AvgIpc) is 2.64. The minimum absolute atomic E-state index is 0.143. The average molecular weight is 384 g/mol. The summed E-state index contributed by atoms with van der Waals surface area (Å²) in [5.41, 5.74) is 1.06. The monoisotopic (exact) mass is 384 g/mol. The molecule has 0 heterocycles. The second-order valence-electron chi connectivity index (χ2n) is 7.66. The van der Waals surface area contributed by atoms with E-state index in [-0.39, 0.29) is 6.61 Å². The maximum absolute atomic E-state index is 12.4. The summed E-state index contributed by atoms with van der Waals surface area (Å²) < 4.78 is 5.34. The van der Waals surface area contributed by atoms with Crippen molar-refractivity contribution >= 4 is 12.2 Å². The van der Waals surface area contributed by atoms with E-state index >= 15 is 0 Å². The van der Waals surface area contributed by atoms with Crippen LogP contribution >= 0.6 is 0 Å². The molecular formula is C22H28N2O4. The lowest BCUT2D eigenvalue weighted by atomic mass is 9.95. The molecule has 0 aliphatic carbocycles. The van der Waals surface area contributed by atoms with Crippen LogP contribution in [0.5, 0.6) is 0 Å². The fraction of sp³-hybridized carbons (Fsp3) is 0.364. The SMILES string of the molecule is C[C@@H](C(NC(=O)OCc1ccccc1)c1ccccc1)N(C(=O)O)C(C)(C)C. The highest BCUT2D eigenvalue weighted by Gasteiger charge is 2.36. The first-order valence-corrected chi connectivity index (χ1v) is 9.24. The summed E-state index contributed by atoms with van der Waals surface area (Å²) in [7, 11) is 0. The Morgan fingerprint density at radius 2 is 1.57 bits per heavy atom. The van der Waals surface area contributed by atoms with E-state index in [4.69, 9.17) is 4.74 Å². The summed E-state index contributed by atoms with van der Waals surface area (Å²) in [5.74, 6) is 0. The van der Waals surface area contributed by atoms with Gasteiger partial charge in [-0.15, -0.1) is 0 Å². The smallest absolute Gasteiger partial charge is 0.408 e. The Morgan fingerprint density at radius 1 is 1.04 bits per heavy atom. The number of carboxylic acid groups (broad SMARTS) is 1. The molecule has 0 spiro atoms. The van der Waals surface area contributed by atoms with Crippen LogP contribution in [-0.4, -0.2) is 33.8 Å². The van der Waals surface area contributed by atoms with Gasteiger partial charge >= 0.3 is 12.2 Å². The normalized spacial score (nSPS) is 13.3. The zero-order valence-corrected chi connectivity index (χ0v) is 16.8. The van der Waals surface area contributed by atoms with Gasteiger partial charge in [-0.3, -0.25) is 4.90 Å². The molecule has 6 nitrogen and oxygen atoms in total. The number of alkyl carbamates (subject to hydrolysis) is 1. The van der Waals surface area contributed by atoms with Crippen LogP contribution in [0.25, 0.3) is 0 Å². The number of carbonyl (C=O) groups excluding carboxylic acids is 1. The molecule has 6 heteroatoms. The molecule has 0 bridgehead atoms. The van der Waals surface area contributed by atoms with Gasteiger partial charge in [0.1, 0.15) is 6.61 Å². The van der Waals surface area contributed by atoms with Gasteiger partial charge in [0.05, 0.1) is 12.1 Å². The van der Waals surface area contributed by atoms with E-state index in [1.165, 1.54) is 4.90 Å². The molecule has 2 aromatic rings. The van der Waals surface area contributed by atoms with Gasteiger partial charge in [0.2, 0.25) is 0 Å². The zero-order chi connectivity index (χ0) is 20.7. The lowest BCUT2D eigenvalue weighted by Crippen LogP contribution is -2.54. The van der Waals surface area contributed by atoms with Crippen molar-refractivity contribution in [1.82, 2.24) is 10.2 Å². The summed E-state index contributed by atoms with van der Waals surface area (Å²) in [6.45, 7) is 7.41. The number of nitrogens with zero attached hydrogens (tertiary/aromatic N) is 1. The van der Waals surface area contributed by atoms with Crippen molar-refractivity contribution in [2.75, 3.05) is 0 Å². The molecule has 0 saturated heterocycles. The van der Waals surface area contributed by atoms with Crippen LogP contribution in [0.1, 0.15) is 44.9 Å². The van der Waals surface area contributed by atoms with Gasteiger partial charge in [0, 0.05) is 5.54 Å². The van der Waals surface area contributed by atoms with E-state index in [0.29, 0.717) is 0 Å². The summed E-state index contributed by atoms with van der Waals surface area (Å²) in [6.07, 6.45) is -1.64. The highest BCUT2D eigenvalue weighted by molar-refractivity contribution is 5.69. The summed E-state index contributed by atoms with van der Waals surface area (Å²) in [4.78, 5) is 25.7. The highest BCUT2D eigenvalue weighted by atomic mass is 16.5. The Labute approximate surface area is 166 Å². The maximum atomic E-state index is 12.4. The molecule has 0 radical (unpaired) electrons. The van der Waals surface area contributed by atoms with Gasteiger partial charge in [-0.2, -0.15) is 0 Å². The largest absolute Gasteiger partial charge is 0.465 e. The predicted molar refractivity (Wildman–Crippen MR) is 108 cm³/mol. The fourth-order valence-electron chi connectivity index (χ4n) is 3.26. The van der Waals surface area contributed by atoms with Crippen LogP contribution < -0.4 is 5.32 Å². The second-order valence-corrected chi connectivity index (χ2v) is 7.66. The molecule has 2 rings (SSSR count). The van der Waals surface area contributed by atoms with Crippen LogP contribution in [0.3, 0.4) is 0 Å². The van der Waals surface area contributed by atoms with E-state index < -0.39 is 29.8 Å². The number of rotatable bonds is 6. The molecule has 150 valence electrons. The number of carbonyl (C=O) groups is 2. The molecule has 2 N–H and O–H groups in total. The minimum atomic E-state index is -1.04. The number of benzene rings is 2. The van der Waals surface area contributed by atoms with Crippen molar-refractivity contribution < 1.29 is 19.4 Å². The van der Waals surface area contributed by atoms with Crippen molar-refractivity contribution in [1.29, 1.82) is 0 Å². The van der Waals surface area contributed by atoms with Gasteiger partial charge < -0.3 is 15.2 Å². The van der Waals surface area contributed by atoms with E-state index in [1.807, 2.05) is 81.4 Å². The number of nitrogens with one attached hydrogen (secondary N) is 1. The molecule has 0 saturated carbocycles. The van der Waals surface area contributed by atoms with Crippen LogP contribution in [-0.2, 0) is 11.3 Å². The summed E-state index contributed by atoms with van der Waals surface area (Å²) in [6, 6.07) is 17.6. The highest BCUT2D eigenvalue weighted by Crippen LogP contribution is 2.27. The third-order valence-electron chi connectivity index (χ3n) is 4.46. The molecule has 2 aromatic carbocycles. The number of hydrogen-bond donors (Lipinski definition) is 2. The van der Waals surface area contributed by atoms with Crippen molar-refractivity contribution in [3.8, 4) is 0 Å². The lowest BCUT2D eigenvalue weighted by Gasteiger charge is -2.41. The summed E-state index contributed by atoms with van der Waals surface area (Å²) >= 11 is 0. The lowest BCUT2D eigenvalue weighted by molar-refractivity contribution is 0.0591. The van der Waals surface area contributed by atoms with E-state index in [0.717, 1.165) is 11.1 Å². The third-order valence-corrected chi connectivity index (χ3v) is 4.46. The molecule has 0 aromatic heterocycles. The van der Waals surface area contributed by atoms with Gasteiger partial charge in [-0.25, -0.2) is 9.59 Å². The second kappa shape index (κ2) is 9.26. The zero-order valence-electron chi connectivity index (χ0n) is 16.8. The quantitative estimate of drug-likeness (QED) is 0.748. The first-order chi connectivity index (χ1) is 13.2. The summed E-state index contributed by atoms with van der Waals surface area (Å²) in [5, 5.41) is 12.6. The molecule has 0 aliphatic rings. The van der Waals surface area contributed by atoms with Crippen molar-refractivity contribution in [3.05, 3.63) is 71.8 Å². The van der Waals surface area contributed by atoms with Gasteiger partial charge in [-0.05, 0) is 38.8 Å². The van der Waals surface area contributed by atoms with Crippen molar-refractivity contribution in [2.45, 2.75) is 51.9 Å². The Kier molecular flexibility index (Phi) is 7.04. The first-order valence-electron chi connectivity index (χ1n) is 9.24. The molecule has 0 fully saturated rings. The third kappa shape index (κ3) is 5.74. The molecule has 2 atom stereocenters. The van der Waals surface area contributed by atoms with Crippen LogP contribution in [0.4, 0.5) is 9.59 Å². The van der Waals surface area contributed by atoms with Crippen molar-refractivity contribution in [3.63, 3.8) is 0 Å². The Bertz CT molecular complexity index is 772. The Hall–Kier alpha value is -3.02. The maximum Gasteiger partial charge on any atom is 0.408 e.